The van der Waals surface area contributed by atoms with Gasteiger partial charge in [0, 0.05) is 24.8 Å². The molecule has 166 valence electrons. The van der Waals surface area contributed by atoms with E-state index in [9.17, 15) is 0 Å². The molecule has 5 aliphatic rings. The molecule has 3 fully saturated rings. The molecule has 4 heteroatoms. The van der Waals surface area contributed by atoms with Crippen LogP contribution < -0.4 is 4.90 Å². The highest BCUT2D eigenvalue weighted by atomic mass is 16.5. The molecule has 0 spiro atoms. The van der Waals surface area contributed by atoms with Gasteiger partial charge in [0.2, 0.25) is 0 Å². The fourth-order valence-corrected chi connectivity index (χ4v) is 6.59. The first-order valence-electron chi connectivity index (χ1n) is 13.0. The van der Waals surface area contributed by atoms with E-state index >= 15 is 0 Å². The summed E-state index contributed by atoms with van der Waals surface area (Å²) < 4.78 is 6.47. The molecule has 3 aliphatic heterocycles. The Hall–Kier alpha value is -1.97. The lowest BCUT2D eigenvalue weighted by Gasteiger charge is -2.37. The quantitative estimate of drug-likeness (QED) is 0.630. The molecule has 0 N–H and O–H groups in total. The first-order chi connectivity index (χ1) is 15.3. The summed E-state index contributed by atoms with van der Waals surface area (Å²) in [7, 11) is 0. The monoisotopic (exact) mass is 419 g/mol. The van der Waals surface area contributed by atoms with E-state index in [2.05, 4.69) is 28.0 Å². The number of ether oxygens (including phenoxy) is 1. The molecule has 0 radical (unpaired) electrons. The van der Waals surface area contributed by atoms with E-state index in [0.29, 0.717) is 12.1 Å². The van der Waals surface area contributed by atoms with Crippen LogP contribution in [-0.4, -0.2) is 42.6 Å². The summed E-state index contributed by atoms with van der Waals surface area (Å²) in [6.07, 6.45) is 19.1. The minimum absolute atomic E-state index is 0.472. The Kier molecular flexibility index (Phi) is 5.41. The third-order valence-electron chi connectivity index (χ3n) is 8.11. The maximum absolute atomic E-state index is 6.47. The van der Waals surface area contributed by atoms with Gasteiger partial charge in [0.25, 0.3) is 6.02 Å². The summed E-state index contributed by atoms with van der Waals surface area (Å²) in [6, 6.07) is 6.88. The van der Waals surface area contributed by atoms with E-state index in [4.69, 9.17) is 9.73 Å². The smallest absolute Gasteiger partial charge is 0.293 e. The largest absolute Gasteiger partial charge is 0.429 e. The number of aliphatic imine (C=N–C) groups is 1. The van der Waals surface area contributed by atoms with Crippen LogP contribution in [0.4, 0.5) is 5.69 Å². The molecule has 0 aromatic heterocycles. The maximum atomic E-state index is 6.47. The molecule has 0 atom stereocenters. The first-order valence-corrected chi connectivity index (χ1v) is 13.0. The van der Waals surface area contributed by atoms with Crippen molar-refractivity contribution in [2.75, 3.05) is 24.5 Å². The fraction of sp³-hybridized carbons (Fsp3) is 0.667. The minimum Gasteiger partial charge on any atom is -0.429 e. The average Bonchev–Trinajstić information content (AvgIpc) is 3.45. The summed E-state index contributed by atoms with van der Waals surface area (Å²) in [6.45, 7) is 3.37. The molecule has 2 saturated carbocycles. The Balaban J connectivity index is 1.29. The lowest BCUT2D eigenvalue weighted by Crippen LogP contribution is -2.38. The molecule has 1 aromatic rings. The number of hydrogen-bond acceptors (Lipinski definition) is 3. The van der Waals surface area contributed by atoms with Crippen molar-refractivity contribution in [3.8, 4) is 0 Å². The van der Waals surface area contributed by atoms with Gasteiger partial charge in [0.05, 0.1) is 12.6 Å². The SMILES string of the molecule is C(=C1/CN(C2CCCCC2)C(=NC2CCCC2)O1)/c1cc2c3c(c1)CCCN3CCC2. The van der Waals surface area contributed by atoms with E-state index < -0.39 is 0 Å². The van der Waals surface area contributed by atoms with Gasteiger partial charge in [-0.1, -0.05) is 32.1 Å². The molecule has 1 aromatic carbocycles. The first kappa shape index (κ1) is 19.7. The second-order valence-electron chi connectivity index (χ2n) is 10.4. The van der Waals surface area contributed by atoms with Crippen LogP contribution in [0.1, 0.15) is 87.3 Å². The molecular weight excluding hydrogens is 382 g/mol. The van der Waals surface area contributed by atoms with E-state index in [-0.39, 0.29) is 0 Å². The second-order valence-corrected chi connectivity index (χ2v) is 10.4. The van der Waals surface area contributed by atoms with Crippen LogP contribution in [0.25, 0.3) is 6.08 Å². The fourth-order valence-electron chi connectivity index (χ4n) is 6.59. The third kappa shape index (κ3) is 3.99. The summed E-state index contributed by atoms with van der Waals surface area (Å²) in [5, 5.41) is 0. The van der Waals surface area contributed by atoms with Gasteiger partial charge < -0.3 is 14.5 Å². The molecule has 2 aliphatic carbocycles. The predicted molar refractivity (Wildman–Crippen MR) is 128 cm³/mol. The molecule has 4 nitrogen and oxygen atoms in total. The third-order valence-corrected chi connectivity index (χ3v) is 8.11. The van der Waals surface area contributed by atoms with Gasteiger partial charge in [-0.05, 0) is 86.3 Å². The van der Waals surface area contributed by atoms with Crippen molar-refractivity contribution < 1.29 is 4.74 Å². The van der Waals surface area contributed by atoms with E-state index in [1.165, 1.54) is 102 Å². The Morgan fingerprint density at radius 2 is 1.52 bits per heavy atom. The Morgan fingerprint density at radius 3 is 2.23 bits per heavy atom. The number of nitrogens with zero attached hydrogens (tertiary/aromatic N) is 3. The van der Waals surface area contributed by atoms with Crippen LogP contribution in [0.2, 0.25) is 0 Å². The number of rotatable bonds is 3. The van der Waals surface area contributed by atoms with Crippen molar-refractivity contribution in [2.45, 2.75) is 95.6 Å². The molecule has 6 rings (SSSR count). The number of amidine groups is 1. The van der Waals surface area contributed by atoms with Crippen molar-refractivity contribution in [1.82, 2.24) is 4.90 Å². The maximum Gasteiger partial charge on any atom is 0.293 e. The summed E-state index contributed by atoms with van der Waals surface area (Å²) in [5.74, 6) is 1.10. The Morgan fingerprint density at radius 1 is 0.839 bits per heavy atom. The topological polar surface area (TPSA) is 28.1 Å². The van der Waals surface area contributed by atoms with Crippen LogP contribution in [-0.2, 0) is 17.6 Å². The number of benzene rings is 1. The second kappa shape index (κ2) is 8.52. The predicted octanol–water partition coefficient (Wildman–Crippen LogP) is 5.69. The molecule has 31 heavy (non-hydrogen) atoms. The highest BCUT2D eigenvalue weighted by Crippen LogP contribution is 2.37. The van der Waals surface area contributed by atoms with Gasteiger partial charge in [0.1, 0.15) is 5.76 Å². The summed E-state index contributed by atoms with van der Waals surface area (Å²) >= 11 is 0. The zero-order chi connectivity index (χ0) is 20.6. The number of aryl methyl sites for hydroxylation is 2. The average molecular weight is 420 g/mol. The van der Waals surface area contributed by atoms with Gasteiger partial charge >= 0.3 is 0 Å². The molecule has 0 bridgehead atoms. The van der Waals surface area contributed by atoms with Crippen molar-refractivity contribution >= 4 is 17.8 Å². The lowest BCUT2D eigenvalue weighted by atomic mass is 9.90. The molecule has 1 saturated heterocycles. The van der Waals surface area contributed by atoms with E-state index in [1.54, 1.807) is 16.8 Å². The van der Waals surface area contributed by atoms with E-state index in [0.717, 1.165) is 18.3 Å². The van der Waals surface area contributed by atoms with Crippen LogP contribution in [0.15, 0.2) is 22.9 Å². The number of hydrogen-bond donors (Lipinski definition) is 0. The van der Waals surface area contributed by atoms with Crippen molar-refractivity contribution in [3.05, 3.63) is 34.6 Å². The standard InChI is InChI=1S/C27H37N3O/c1-2-12-24(13-3-1)30-19-25(31-27(30)28-23-10-4-5-11-23)18-20-16-21-8-6-14-29-15-7-9-22(17-20)26(21)29/h16-18,23-24H,1-15,19H2/b25-18+,28-27?. The van der Waals surface area contributed by atoms with Crippen molar-refractivity contribution in [2.24, 2.45) is 4.99 Å². The zero-order valence-electron chi connectivity index (χ0n) is 19.0. The summed E-state index contributed by atoms with van der Waals surface area (Å²) in [4.78, 5) is 10.2. The van der Waals surface area contributed by atoms with Crippen molar-refractivity contribution in [1.29, 1.82) is 0 Å². The van der Waals surface area contributed by atoms with E-state index in [1.807, 2.05) is 0 Å². The molecule has 3 heterocycles. The zero-order valence-corrected chi connectivity index (χ0v) is 19.0. The van der Waals surface area contributed by atoms with Crippen LogP contribution in [0.3, 0.4) is 0 Å². The summed E-state index contributed by atoms with van der Waals surface area (Å²) in [5.41, 5.74) is 5.99. The van der Waals surface area contributed by atoms with Crippen LogP contribution in [0.5, 0.6) is 0 Å². The van der Waals surface area contributed by atoms with Gasteiger partial charge in [-0.2, -0.15) is 0 Å². The molecule has 0 unspecified atom stereocenters. The Labute approximate surface area is 187 Å². The van der Waals surface area contributed by atoms with Gasteiger partial charge in [0.15, 0.2) is 0 Å². The molecular formula is C27H37N3O. The van der Waals surface area contributed by atoms with Crippen molar-refractivity contribution in [3.63, 3.8) is 0 Å². The normalized spacial score (nSPS) is 27.2. The minimum atomic E-state index is 0.472. The van der Waals surface area contributed by atoms with Gasteiger partial charge in [-0.3, -0.25) is 0 Å². The highest BCUT2D eigenvalue weighted by molar-refractivity contribution is 5.80. The van der Waals surface area contributed by atoms with Crippen LogP contribution >= 0.6 is 0 Å². The van der Waals surface area contributed by atoms with Crippen LogP contribution in [0, 0.1) is 0 Å². The molecule has 0 amide bonds. The highest BCUT2D eigenvalue weighted by Gasteiger charge is 2.33. The van der Waals surface area contributed by atoms with Gasteiger partial charge in [-0.25, -0.2) is 4.99 Å². The number of anilines is 1. The lowest BCUT2D eigenvalue weighted by molar-refractivity contribution is 0.258. The Bertz CT molecular complexity index is 845. The van der Waals surface area contributed by atoms with Gasteiger partial charge in [-0.15, -0.1) is 0 Å².